The standard InChI is InChI=1S/4ClH.O.Tc/h4*1H;;. The van der Waals surface area contributed by atoms with Gasteiger partial charge in [-0.25, -0.2) is 0 Å². The Bertz CT molecular complexity index is 7.51. The van der Waals surface area contributed by atoms with E-state index in [1.807, 2.05) is 0 Å². The van der Waals surface area contributed by atoms with E-state index in [0.29, 0.717) is 0 Å². The van der Waals surface area contributed by atoms with Crippen LogP contribution in [-0.4, -0.2) is 0 Å². The van der Waals surface area contributed by atoms with Gasteiger partial charge in [-0.3, -0.25) is 0 Å². The minimum atomic E-state index is 0. The van der Waals surface area contributed by atoms with Crippen LogP contribution in [0.25, 0.3) is 0 Å². The van der Waals surface area contributed by atoms with Crippen molar-refractivity contribution in [2.45, 2.75) is 0 Å². The molecule has 0 aromatic rings. The number of halogens is 4. The molecule has 0 aliphatic rings. The van der Waals surface area contributed by atoms with Crippen molar-refractivity contribution >= 4 is 49.6 Å². The molecule has 0 N–H and O–H groups in total. The predicted octanol–water partition coefficient (Wildman–Crippen LogP) is 1.57. The summed E-state index contributed by atoms with van der Waals surface area (Å²) >= 11 is 0.900. The van der Waals surface area contributed by atoms with Crippen LogP contribution in [0.1, 0.15) is 0 Å². The van der Waals surface area contributed by atoms with Gasteiger partial charge in [0.05, 0.1) is 0 Å². The molecular formula is H4Cl4OTc. The maximum absolute atomic E-state index is 8.22. The summed E-state index contributed by atoms with van der Waals surface area (Å²) in [5.74, 6) is 0. The molecule has 0 aromatic carbocycles. The fraction of sp³-hybridized carbons (Fsp3) is 0. The van der Waals surface area contributed by atoms with Crippen molar-refractivity contribution in [1.29, 1.82) is 0 Å². The van der Waals surface area contributed by atoms with E-state index < -0.39 is 0 Å². The van der Waals surface area contributed by atoms with E-state index in [9.17, 15) is 0 Å². The Hall–Kier alpha value is 1.61. The summed E-state index contributed by atoms with van der Waals surface area (Å²) in [5.41, 5.74) is 0. The molecule has 0 aromatic heterocycles. The number of rotatable bonds is 0. The fourth-order valence-corrected chi connectivity index (χ4v) is 0. The average molecular weight is 260 g/mol. The van der Waals surface area contributed by atoms with Crippen LogP contribution < -0.4 is 0 Å². The summed E-state index contributed by atoms with van der Waals surface area (Å²) in [6, 6.07) is 0. The molecule has 0 spiro atoms. The Kier molecular flexibility index (Phi) is 653. The molecule has 0 saturated heterocycles. The maximum atomic E-state index is 8.22. The molecule has 1 nitrogen and oxygen atoms in total. The molecule has 45 valence electrons. The zero-order valence-electron chi connectivity index (χ0n) is 2.42. The first-order chi connectivity index (χ1) is 1.00. The topological polar surface area (TPSA) is 17.1 Å². The van der Waals surface area contributed by atoms with Crippen molar-refractivity contribution in [1.82, 2.24) is 0 Å². The van der Waals surface area contributed by atoms with Crippen LogP contribution in [0.5, 0.6) is 0 Å². The van der Waals surface area contributed by atoms with E-state index in [2.05, 4.69) is 0 Å². The van der Waals surface area contributed by atoms with Crippen LogP contribution in [0.3, 0.4) is 0 Å². The van der Waals surface area contributed by atoms with Crippen LogP contribution in [0.2, 0.25) is 0 Å². The van der Waals surface area contributed by atoms with Crippen LogP contribution in [-0.2, 0) is 22.4 Å². The van der Waals surface area contributed by atoms with Gasteiger partial charge in [-0.15, -0.1) is 49.6 Å². The van der Waals surface area contributed by atoms with Crippen molar-refractivity contribution in [2.75, 3.05) is 0 Å². The Morgan fingerprint density at radius 1 is 0.667 bits per heavy atom. The molecule has 0 amide bonds. The molecule has 0 saturated carbocycles. The van der Waals surface area contributed by atoms with E-state index >= 15 is 0 Å². The van der Waals surface area contributed by atoms with Crippen LogP contribution >= 0.6 is 49.6 Å². The third-order valence-corrected chi connectivity index (χ3v) is 0. The quantitative estimate of drug-likeness (QED) is 0.646. The molecule has 0 fully saturated rings. The van der Waals surface area contributed by atoms with Gasteiger partial charge in [-0.1, -0.05) is 0 Å². The van der Waals surface area contributed by atoms with E-state index in [4.69, 9.17) is 3.50 Å². The zero-order valence-corrected chi connectivity index (χ0v) is 7.54. The molecule has 6 heavy (non-hydrogen) atoms. The molecule has 0 atom stereocenters. The van der Waals surface area contributed by atoms with Crippen molar-refractivity contribution in [3.05, 3.63) is 0 Å². The Labute approximate surface area is 71.7 Å². The second kappa shape index (κ2) is 80.3. The van der Waals surface area contributed by atoms with Gasteiger partial charge in [-0.2, -0.15) is 0 Å². The summed E-state index contributed by atoms with van der Waals surface area (Å²) in [7, 11) is 0. The third-order valence-electron chi connectivity index (χ3n) is 0. The molecule has 0 aliphatic carbocycles. The summed E-state index contributed by atoms with van der Waals surface area (Å²) in [5, 5.41) is 0. The molecule has 0 rings (SSSR count). The molecule has 0 unspecified atom stereocenters. The Morgan fingerprint density at radius 2 is 0.667 bits per heavy atom. The Morgan fingerprint density at radius 3 is 0.667 bits per heavy atom. The minimum absolute atomic E-state index is 0. The fourth-order valence-electron chi connectivity index (χ4n) is 0. The van der Waals surface area contributed by atoms with Crippen LogP contribution in [0, 0.1) is 0 Å². The predicted molar refractivity (Wildman–Crippen MR) is 29.7 cm³/mol. The third kappa shape index (κ3) is 46.0. The molecule has 0 radical (unpaired) electrons. The van der Waals surface area contributed by atoms with Gasteiger partial charge in [0.15, 0.2) is 0 Å². The van der Waals surface area contributed by atoms with Crippen molar-refractivity contribution in [3.63, 3.8) is 0 Å². The van der Waals surface area contributed by atoms with Crippen molar-refractivity contribution in [3.8, 4) is 0 Å². The van der Waals surface area contributed by atoms with Gasteiger partial charge < -0.3 is 0 Å². The van der Waals surface area contributed by atoms with Crippen molar-refractivity contribution in [2.24, 2.45) is 0 Å². The van der Waals surface area contributed by atoms with E-state index in [1.165, 1.54) is 0 Å². The monoisotopic (exact) mass is 257 g/mol. The normalized spacial score (nSPS) is 0.667. The molecule has 0 heterocycles. The molecule has 0 bridgehead atoms. The van der Waals surface area contributed by atoms with Gasteiger partial charge >= 0.3 is 22.4 Å². The molecule has 0 aliphatic heterocycles. The first kappa shape index (κ1) is 48.8. The van der Waals surface area contributed by atoms with Gasteiger partial charge in [0.25, 0.3) is 0 Å². The second-order valence-electron chi connectivity index (χ2n) is 0. The first-order valence-electron chi connectivity index (χ1n) is 0.154. The molecule has 6 heteroatoms. The van der Waals surface area contributed by atoms with E-state index in [0.717, 1.165) is 18.9 Å². The van der Waals surface area contributed by atoms with E-state index in [-0.39, 0.29) is 49.6 Å². The number of hydrogen-bond acceptors (Lipinski definition) is 1. The van der Waals surface area contributed by atoms with Crippen LogP contribution in [0.4, 0.5) is 0 Å². The van der Waals surface area contributed by atoms with Crippen LogP contribution in [0.15, 0.2) is 0 Å². The average Bonchev–Trinajstić information content (AvgIpc) is 1.00. The summed E-state index contributed by atoms with van der Waals surface area (Å²) in [6.45, 7) is 0. The molecular weight excluding hydrogens is 256 g/mol. The Balaban J connectivity index is -0.000000000833. The second-order valence-corrected chi connectivity index (χ2v) is 0. The van der Waals surface area contributed by atoms with Gasteiger partial charge in [0.1, 0.15) is 0 Å². The van der Waals surface area contributed by atoms with Crippen molar-refractivity contribution < 1.29 is 22.4 Å². The first-order valence-corrected chi connectivity index (χ1v) is 0.913. The zero-order chi connectivity index (χ0) is 2.00. The summed E-state index contributed by atoms with van der Waals surface area (Å²) in [6.07, 6.45) is 0. The summed E-state index contributed by atoms with van der Waals surface area (Å²) < 4.78 is 8.22. The summed E-state index contributed by atoms with van der Waals surface area (Å²) in [4.78, 5) is 0. The SMILES string of the molecule is Cl.Cl.Cl.Cl.[O]=[Tc]. The number of hydrogen-bond donors (Lipinski definition) is 0. The van der Waals surface area contributed by atoms with Gasteiger partial charge in [0.2, 0.25) is 0 Å². The van der Waals surface area contributed by atoms with E-state index in [1.54, 1.807) is 0 Å². The van der Waals surface area contributed by atoms with Gasteiger partial charge in [0, 0.05) is 0 Å². The van der Waals surface area contributed by atoms with Gasteiger partial charge in [-0.05, 0) is 0 Å².